The normalized spacial score (nSPS) is 12.1. The van der Waals surface area contributed by atoms with Crippen molar-refractivity contribution in [1.29, 1.82) is 0 Å². The Morgan fingerprint density at radius 2 is 2.27 bits per heavy atom. The highest BCUT2D eigenvalue weighted by atomic mass is 32.1. The Hall–Kier alpha value is -2.47. The molecule has 0 aliphatic heterocycles. The Morgan fingerprint density at radius 3 is 2.91 bits per heavy atom. The van der Waals surface area contributed by atoms with Gasteiger partial charge in [0.05, 0.1) is 5.56 Å². The van der Waals surface area contributed by atoms with Gasteiger partial charge < -0.3 is 9.88 Å². The standard InChI is InChI=1S/C16H14FN3OS/c1-20-7-6-18-15(20)14(11-3-2-4-13(17)9-11)19-16(21)12-5-8-22-10-12/h2-10,14H,1H3,(H,19,21). The Labute approximate surface area is 131 Å². The zero-order valence-corrected chi connectivity index (χ0v) is 12.7. The lowest BCUT2D eigenvalue weighted by Gasteiger charge is -2.19. The van der Waals surface area contributed by atoms with Gasteiger partial charge in [-0.2, -0.15) is 11.3 Å². The molecule has 1 N–H and O–H groups in total. The molecule has 0 radical (unpaired) electrons. The number of carbonyl (C=O) groups is 1. The van der Waals surface area contributed by atoms with E-state index in [0.717, 1.165) is 0 Å². The number of aryl methyl sites for hydroxylation is 1. The molecule has 112 valence electrons. The third-order valence-corrected chi connectivity index (χ3v) is 4.04. The van der Waals surface area contributed by atoms with Crippen molar-refractivity contribution in [2.24, 2.45) is 7.05 Å². The molecule has 2 heterocycles. The largest absolute Gasteiger partial charge is 0.338 e. The molecule has 1 atom stereocenters. The number of hydrogen-bond acceptors (Lipinski definition) is 3. The van der Waals surface area contributed by atoms with Crippen molar-refractivity contribution in [3.63, 3.8) is 0 Å². The molecule has 0 aliphatic carbocycles. The van der Waals surface area contributed by atoms with Crippen LogP contribution in [0.3, 0.4) is 0 Å². The van der Waals surface area contributed by atoms with Crippen LogP contribution in [0.4, 0.5) is 4.39 Å². The molecule has 3 rings (SSSR count). The van der Waals surface area contributed by atoms with E-state index >= 15 is 0 Å². The SMILES string of the molecule is Cn1ccnc1C(NC(=O)c1ccsc1)c1cccc(F)c1. The zero-order valence-electron chi connectivity index (χ0n) is 11.9. The van der Waals surface area contributed by atoms with Crippen molar-refractivity contribution in [2.75, 3.05) is 0 Å². The second-order valence-electron chi connectivity index (χ2n) is 4.87. The highest BCUT2D eigenvalue weighted by Gasteiger charge is 2.21. The van der Waals surface area contributed by atoms with Crippen molar-refractivity contribution in [1.82, 2.24) is 14.9 Å². The third-order valence-electron chi connectivity index (χ3n) is 3.36. The minimum atomic E-state index is -0.511. The van der Waals surface area contributed by atoms with Crippen molar-refractivity contribution >= 4 is 17.2 Å². The van der Waals surface area contributed by atoms with E-state index in [9.17, 15) is 9.18 Å². The van der Waals surface area contributed by atoms with Gasteiger partial charge in [0.25, 0.3) is 5.91 Å². The summed E-state index contributed by atoms with van der Waals surface area (Å²) in [7, 11) is 1.84. The molecule has 6 heteroatoms. The summed E-state index contributed by atoms with van der Waals surface area (Å²) in [6.07, 6.45) is 3.44. The molecule has 0 fully saturated rings. The second-order valence-corrected chi connectivity index (χ2v) is 5.65. The summed E-state index contributed by atoms with van der Waals surface area (Å²) in [5.41, 5.74) is 1.23. The van der Waals surface area contributed by atoms with Crippen molar-refractivity contribution in [3.8, 4) is 0 Å². The fourth-order valence-electron chi connectivity index (χ4n) is 2.25. The Kier molecular flexibility index (Phi) is 4.02. The molecule has 1 amide bonds. The lowest BCUT2D eigenvalue weighted by Crippen LogP contribution is -2.30. The Balaban J connectivity index is 1.97. The highest BCUT2D eigenvalue weighted by molar-refractivity contribution is 7.08. The first kappa shape index (κ1) is 14.5. The van der Waals surface area contributed by atoms with E-state index in [1.165, 1.54) is 23.5 Å². The minimum absolute atomic E-state index is 0.210. The van der Waals surface area contributed by atoms with E-state index in [1.807, 2.05) is 17.0 Å². The number of nitrogens with one attached hydrogen (secondary N) is 1. The van der Waals surface area contributed by atoms with E-state index in [-0.39, 0.29) is 11.7 Å². The topological polar surface area (TPSA) is 46.9 Å². The first-order valence-electron chi connectivity index (χ1n) is 6.71. The molecular weight excluding hydrogens is 301 g/mol. The minimum Gasteiger partial charge on any atom is -0.338 e. The summed E-state index contributed by atoms with van der Waals surface area (Å²) in [6, 6.07) is 7.42. The van der Waals surface area contributed by atoms with Crippen LogP contribution in [0.2, 0.25) is 0 Å². The van der Waals surface area contributed by atoms with Gasteiger partial charge in [-0.25, -0.2) is 9.37 Å². The first-order chi connectivity index (χ1) is 10.6. The van der Waals surface area contributed by atoms with Gasteiger partial charge in [0, 0.05) is 24.8 Å². The number of halogens is 1. The summed E-state index contributed by atoms with van der Waals surface area (Å²) in [6.45, 7) is 0. The quantitative estimate of drug-likeness (QED) is 0.804. The average Bonchev–Trinajstić information content (AvgIpc) is 3.16. The van der Waals surface area contributed by atoms with Crippen LogP contribution in [0.1, 0.15) is 27.8 Å². The van der Waals surface area contributed by atoms with Crippen LogP contribution in [-0.4, -0.2) is 15.5 Å². The van der Waals surface area contributed by atoms with Gasteiger partial charge in [0.1, 0.15) is 17.7 Å². The number of nitrogens with zero attached hydrogens (tertiary/aromatic N) is 2. The fraction of sp³-hybridized carbons (Fsp3) is 0.125. The molecule has 22 heavy (non-hydrogen) atoms. The van der Waals surface area contributed by atoms with Gasteiger partial charge in [0.15, 0.2) is 0 Å². The van der Waals surface area contributed by atoms with Crippen LogP contribution in [0, 0.1) is 5.82 Å². The van der Waals surface area contributed by atoms with E-state index in [2.05, 4.69) is 10.3 Å². The van der Waals surface area contributed by atoms with Gasteiger partial charge in [-0.1, -0.05) is 12.1 Å². The third kappa shape index (κ3) is 2.92. The predicted molar refractivity (Wildman–Crippen MR) is 83.2 cm³/mol. The molecule has 1 aromatic carbocycles. The Morgan fingerprint density at radius 1 is 1.41 bits per heavy atom. The highest BCUT2D eigenvalue weighted by Crippen LogP contribution is 2.22. The number of carbonyl (C=O) groups excluding carboxylic acids is 1. The van der Waals surface area contributed by atoms with Crippen molar-refractivity contribution in [3.05, 3.63) is 76.3 Å². The van der Waals surface area contributed by atoms with Gasteiger partial charge in [-0.15, -0.1) is 0 Å². The summed E-state index contributed by atoms with van der Waals surface area (Å²) in [5.74, 6) is 0.0918. The van der Waals surface area contributed by atoms with E-state index in [1.54, 1.807) is 36.0 Å². The number of aromatic nitrogens is 2. The number of rotatable bonds is 4. The van der Waals surface area contributed by atoms with Crippen LogP contribution in [-0.2, 0) is 7.05 Å². The van der Waals surface area contributed by atoms with Gasteiger partial charge >= 0.3 is 0 Å². The van der Waals surface area contributed by atoms with Crippen molar-refractivity contribution < 1.29 is 9.18 Å². The van der Waals surface area contributed by atoms with Gasteiger partial charge in [-0.3, -0.25) is 4.79 Å². The fourth-order valence-corrected chi connectivity index (χ4v) is 2.88. The summed E-state index contributed by atoms with van der Waals surface area (Å²) < 4.78 is 15.4. The van der Waals surface area contributed by atoms with Crippen molar-refractivity contribution in [2.45, 2.75) is 6.04 Å². The monoisotopic (exact) mass is 315 g/mol. The molecule has 1 unspecified atom stereocenters. The molecular formula is C16H14FN3OS. The Bertz CT molecular complexity index is 782. The maximum atomic E-state index is 13.5. The smallest absolute Gasteiger partial charge is 0.252 e. The lowest BCUT2D eigenvalue weighted by atomic mass is 10.1. The van der Waals surface area contributed by atoms with Gasteiger partial charge in [0.2, 0.25) is 0 Å². The molecule has 0 saturated carbocycles. The number of imidazole rings is 1. The van der Waals surface area contributed by atoms with Gasteiger partial charge in [-0.05, 0) is 29.1 Å². The molecule has 0 aliphatic rings. The number of benzene rings is 1. The molecule has 2 aromatic heterocycles. The molecule has 0 bridgehead atoms. The lowest BCUT2D eigenvalue weighted by molar-refractivity contribution is 0.0941. The van der Waals surface area contributed by atoms with Crippen LogP contribution in [0.15, 0.2) is 53.5 Å². The van der Waals surface area contributed by atoms with E-state index in [0.29, 0.717) is 17.0 Å². The molecule has 4 nitrogen and oxygen atoms in total. The molecule has 0 spiro atoms. The van der Waals surface area contributed by atoms with Crippen LogP contribution in [0.25, 0.3) is 0 Å². The van der Waals surface area contributed by atoms with Crippen LogP contribution in [0.5, 0.6) is 0 Å². The number of hydrogen-bond donors (Lipinski definition) is 1. The number of thiophene rings is 1. The molecule has 0 saturated heterocycles. The summed E-state index contributed by atoms with van der Waals surface area (Å²) in [5, 5.41) is 6.54. The van der Waals surface area contributed by atoms with Crippen LogP contribution < -0.4 is 5.32 Å². The number of amides is 1. The first-order valence-corrected chi connectivity index (χ1v) is 7.65. The summed E-state index contributed by atoms with van der Waals surface area (Å²) >= 11 is 1.45. The van der Waals surface area contributed by atoms with E-state index < -0.39 is 6.04 Å². The van der Waals surface area contributed by atoms with E-state index in [4.69, 9.17) is 0 Å². The summed E-state index contributed by atoms with van der Waals surface area (Å²) in [4.78, 5) is 16.6. The predicted octanol–water partition coefficient (Wildman–Crippen LogP) is 3.14. The average molecular weight is 315 g/mol. The maximum absolute atomic E-state index is 13.5. The molecule has 3 aromatic rings. The maximum Gasteiger partial charge on any atom is 0.252 e. The second kappa shape index (κ2) is 6.11. The zero-order chi connectivity index (χ0) is 15.5. The van der Waals surface area contributed by atoms with Crippen LogP contribution >= 0.6 is 11.3 Å².